The first-order valence-corrected chi connectivity index (χ1v) is 4.67. The zero-order valence-electron chi connectivity index (χ0n) is 7.95. The minimum atomic E-state index is 0.644. The summed E-state index contributed by atoms with van der Waals surface area (Å²) in [5, 5.41) is 3.45. The molecule has 0 amide bonds. The lowest BCUT2D eigenvalue weighted by atomic mass is 10.2. The zero-order chi connectivity index (χ0) is 10.6. The lowest BCUT2D eigenvalue weighted by molar-refractivity contribution is 0.354. The van der Waals surface area contributed by atoms with Crippen LogP contribution in [0.1, 0.15) is 5.56 Å². The zero-order valence-corrected chi connectivity index (χ0v) is 9.54. The molecule has 76 valence electrons. The molecule has 0 atom stereocenters. The molecular formula is C9H11BrN2O2. The molecule has 0 unspecified atom stereocenters. The Kier molecular flexibility index (Phi) is 3.76. The number of methoxy groups -OCH3 is 2. The van der Waals surface area contributed by atoms with E-state index in [4.69, 9.17) is 15.3 Å². The van der Waals surface area contributed by atoms with Gasteiger partial charge in [-0.3, -0.25) is 0 Å². The molecule has 0 spiro atoms. The largest absolute Gasteiger partial charge is 0.493 e. The van der Waals surface area contributed by atoms with Gasteiger partial charge < -0.3 is 15.3 Å². The normalized spacial score (nSPS) is 10.5. The van der Waals surface area contributed by atoms with Crippen LogP contribution in [-0.4, -0.2) is 20.4 Å². The number of rotatable bonds is 3. The van der Waals surface area contributed by atoms with Crippen LogP contribution < -0.4 is 15.3 Å². The van der Waals surface area contributed by atoms with Crippen LogP contribution in [0.2, 0.25) is 0 Å². The number of nitrogens with zero attached hydrogens (tertiary/aromatic N) is 1. The van der Waals surface area contributed by atoms with E-state index in [9.17, 15) is 0 Å². The second kappa shape index (κ2) is 4.85. The molecular weight excluding hydrogens is 248 g/mol. The van der Waals surface area contributed by atoms with E-state index < -0.39 is 0 Å². The maximum Gasteiger partial charge on any atom is 0.161 e. The molecule has 2 N–H and O–H groups in total. The molecule has 0 aliphatic carbocycles. The maximum absolute atomic E-state index is 5.13. The molecule has 0 bridgehead atoms. The lowest BCUT2D eigenvalue weighted by Gasteiger charge is -2.09. The van der Waals surface area contributed by atoms with Crippen molar-refractivity contribution < 1.29 is 9.47 Å². The van der Waals surface area contributed by atoms with Crippen LogP contribution >= 0.6 is 15.9 Å². The minimum Gasteiger partial charge on any atom is -0.493 e. The number of nitrogens with two attached hydrogens (primary N) is 1. The van der Waals surface area contributed by atoms with Crippen molar-refractivity contribution in [3.8, 4) is 11.5 Å². The summed E-state index contributed by atoms with van der Waals surface area (Å²) in [4.78, 5) is 0. The number of hydrogen-bond donors (Lipinski definition) is 1. The van der Waals surface area contributed by atoms with Gasteiger partial charge in [-0.2, -0.15) is 5.10 Å². The predicted molar refractivity (Wildman–Crippen MR) is 59.0 cm³/mol. The summed E-state index contributed by atoms with van der Waals surface area (Å²) in [6.07, 6.45) is 1.53. The molecule has 1 aromatic carbocycles. The van der Waals surface area contributed by atoms with Crippen LogP contribution in [0.3, 0.4) is 0 Å². The van der Waals surface area contributed by atoms with Gasteiger partial charge in [0.25, 0.3) is 0 Å². The Balaban J connectivity index is 3.23. The molecule has 1 rings (SSSR count). The molecule has 4 nitrogen and oxygen atoms in total. The summed E-state index contributed by atoms with van der Waals surface area (Å²) in [5.41, 5.74) is 0.838. The number of halogens is 1. The topological polar surface area (TPSA) is 56.8 Å². The molecule has 14 heavy (non-hydrogen) atoms. The van der Waals surface area contributed by atoms with Crippen LogP contribution in [0.25, 0.3) is 0 Å². The van der Waals surface area contributed by atoms with Crippen LogP contribution in [-0.2, 0) is 0 Å². The Bertz CT molecular complexity index is 353. The highest BCUT2D eigenvalue weighted by Gasteiger charge is 2.07. The van der Waals surface area contributed by atoms with Crippen molar-refractivity contribution in [3.05, 3.63) is 22.2 Å². The molecule has 0 radical (unpaired) electrons. The van der Waals surface area contributed by atoms with Crippen molar-refractivity contribution in [1.82, 2.24) is 0 Å². The van der Waals surface area contributed by atoms with Gasteiger partial charge in [0.2, 0.25) is 0 Å². The van der Waals surface area contributed by atoms with Gasteiger partial charge in [-0.25, -0.2) is 0 Å². The van der Waals surface area contributed by atoms with Gasteiger partial charge >= 0.3 is 0 Å². The number of benzene rings is 1. The van der Waals surface area contributed by atoms with Crippen molar-refractivity contribution in [2.75, 3.05) is 14.2 Å². The molecule has 0 saturated heterocycles. The smallest absolute Gasteiger partial charge is 0.161 e. The summed E-state index contributed by atoms with van der Waals surface area (Å²) in [5.74, 6) is 6.37. The van der Waals surface area contributed by atoms with Crippen LogP contribution in [0.5, 0.6) is 11.5 Å². The quantitative estimate of drug-likeness (QED) is 0.511. The van der Waals surface area contributed by atoms with E-state index in [1.807, 2.05) is 0 Å². The van der Waals surface area contributed by atoms with E-state index in [0.29, 0.717) is 11.5 Å². The average Bonchev–Trinajstić information content (AvgIpc) is 2.20. The first kappa shape index (κ1) is 10.8. The SMILES string of the molecule is COc1cc(Br)c(/C=N\N)cc1OC. The van der Waals surface area contributed by atoms with E-state index in [-0.39, 0.29) is 0 Å². The molecule has 0 aliphatic rings. The van der Waals surface area contributed by atoms with Crippen LogP contribution in [0.4, 0.5) is 0 Å². The van der Waals surface area contributed by atoms with Crippen molar-refractivity contribution in [2.45, 2.75) is 0 Å². The second-order valence-electron chi connectivity index (χ2n) is 2.51. The van der Waals surface area contributed by atoms with E-state index in [2.05, 4.69) is 21.0 Å². The number of ether oxygens (including phenoxy) is 2. The average molecular weight is 259 g/mol. The molecule has 0 aromatic heterocycles. The second-order valence-corrected chi connectivity index (χ2v) is 3.36. The van der Waals surface area contributed by atoms with Crippen molar-refractivity contribution in [3.63, 3.8) is 0 Å². The first-order valence-electron chi connectivity index (χ1n) is 3.87. The van der Waals surface area contributed by atoms with E-state index in [1.54, 1.807) is 26.4 Å². The standard InChI is InChI=1S/C9H11BrN2O2/c1-13-8-3-6(5-12-11)7(10)4-9(8)14-2/h3-5H,11H2,1-2H3/b12-5-. The third kappa shape index (κ3) is 2.17. The number of hydrazone groups is 1. The fourth-order valence-electron chi connectivity index (χ4n) is 1.05. The monoisotopic (exact) mass is 258 g/mol. The molecule has 1 aromatic rings. The van der Waals surface area contributed by atoms with Crippen molar-refractivity contribution >= 4 is 22.1 Å². The summed E-state index contributed by atoms with van der Waals surface area (Å²) in [6, 6.07) is 3.59. The van der Waals surface area contributed by atoms with Gasteiger partial charge in [0.15, 0.2) is 11.5 Å². The summed E-state index contributed by atoms with van der Waals surface area (Å²) in [6.45, 7) is 0. The minimum absolute atomic E-state index is 0.644. The highest BCUT2D eigenvalue weighted by Crippen LogP contribution is 2.32. The highest BCUT2D eigenvalue weighted by molar-refractivity contribution is 9.10. The fraction of sp³-hybridized carbons (Fsp3) is 0.222. The van der Waals surface area contributed by atoms with Gasteiger partial charge in [-0.15, -0.1) is 0 Å². The summed E-state index contributed by atoms with van der Waals surface area (Å²) in [7, 11) is 3.16. The summed E-state index contributed by atoms with van der Waals surface area (Å²) < 4.78 is 11.1. The van der Waals surface area contributed by atoms with E-state index in [0.717, 1.165) is 10.0 Å². The fourth-order valence-corrected chi connectivity index (χ4v) is 1.47. The summed E-state index contributed by atoms with van der Waals surface area (Å²) >= 11 is 3.37. The van der Waals surface area contributed by atoms with Crippen molar-refractivity contribution in [2.24, 2.45) is 10.9 Å². The molecule has 0 heterocycles. The van der Waals surface area contributed by atoms with Gasteiger partial charge in [-0.1, -0.05) is 0 Å². The molecule has 0 aliphatic heterocycles. The highest BCUT2D eigenvalue weighted by atomic mass is 79.9. The van der Waals surface area contributed by atoms with Crippen molar-refractivity contribution in [1.29, 1.82) is 0 Å². The Morgan fingerprint density at radius 2 is 1.86 bits per heavy atom. The maximum atomic E-state index is 5.13. The molecule has 0 saturated carbocycles. The first-order chi connectivity index (χ1) is 6.72. The Labute approximate surface area is 90.8 Å². The molecule has 0 fully saturated rings. The Morgan fingerprint density at radius 1 is 1.29 bits per heavy atom. The lowest BCUT2D eigenvalue weighted by Crippen LogP contribution is -1.94. The van der Waals surface area contributed by atoms with E-state index >= 15 is 0 Å². The third-order valence-electron chi connectivity index (χ3n) is 1.72. The van der Waals surface area contributed by atoms with Gasteiger partial charge in [0, 0.05) is 10.0 Å². The Hall–Kier alpha value is -1.23. The van der Waals surface area contributed by atoms with Crippen LogP contribution in [0.15, 0.2) is 21.7 Å². The van der Waals surface area contributed by atoms with Gasteiger partial charge in [-0.05, 0) is 28.1 Å². The predicted octanol–water partition coefficient (Wildman–Crippen LogP) is 1.76. The Morgan fingerprint density at radius 3 is 2.36 bits per heavy atom. The third-order valence-corrected chi connectivity index (χ3v) is 2.40. The molecule has 5 heteroatoms. The number of hydrogen-bond acceptors (Lipinski definition) is 4. The van der Waals surface area contributed by atoms with Gasteiger partial charge in [0.05, 0.1) is 20.4 Å². The van der Waals surface area contributed by atoms with E-state index in [1.165, 1.54) is 6.21 Å². The van der Waals surface area contributed by atoms with Gasteiger partial charge in [0.1, 0.15) is 0 Å². The van der Waals surface area contributed by atoms with Crippen LogP contribution in [0, 0.1) is 0 Å².